The third kappa shape index (κ3) is 5.61. The van der Waals surface area contributed by atoms with E-state index in [-0.39, 0.29) is 5.56 Å². The van der Waals surface area contributed by atoms with Crippen molar-refractivity contribution >= 4 is 17.5 Å². The first kappa shape index (κ1) is 20.5. The molecule has 2 aromatic rings. The van der Waals surface area contributed by atoms with E-state index >= 15 is 0 Å². The van der Waals surface area contributed by atoms with Crippen LogP contribution >= 0.6 is 0 Å². The van der Waals surface area contributed by atoms with E-state index in [2.05, 4.69) is 29.0 Å². The molecule has 2 rings (SSSR count). The van der Waals surface area contributed by atoms with Gasteiger partial charge in [0.2, 0.25) is 0 Å². The fourth-order valence-corrected chi connectivity index (χ4v) is 2.22. The number of hydroxylamine groups is 1. The summed E-state index contributed by atoms with van der Waals surface area (Å²) in [4.78, 5) is 23.7. The Morgan fingerprint density at radius 1 is 1.04 bits per heavy atom. The van der Waals surface area contributed by atoms with Crippen LogP contribution in [0.2, 0.25) is 0 Å². The van der Waals surface area contributed by atoms with Crippen LogP contribution in [0, 0.1) is 23.7 Å². The molecule has 6 N–H and O–H groups in total. The molecule has 0 saturated heterocycles. The molecule has 0 bridgehead atoms. The average Bonchev–Trinajstić information content (AvgIpc) is 2.70. The highest BCUT2D eigenvalue weighted by Crippen LogP contribution is 2.08. The van der Waals surface area contributed by atoms with Crippen molar-refractivity contribution in [3.8, 4) is 23.7 Å². The van der Waals surface area contributed by atoms with E-state index in [1.54, 1.807) is 24.3 Å². The number of nitrogens with one attached hydrogen (secondary N) is 2. The normalized spacial score (nSPS) is 11.7. The van der Waals surface area contributed by atoms with E-state index in [9.17, 15) is 14.7 Å². The number of aliphatic hydroxyl groups is 1. The summed E-state index contributed by atoms with van der Waals surface area (Å²) in [5.74, 6) is 9.67. The van der Waals surface area contributed by atoms with Crippen LogP contribution in [0.1, 0.15) is 28.4 Å². The third-order valence-corrected chi connectivity index (χ3v) is 3.74. The van der Waals surface area contributed by atoms with Crippen LogP contribution in [0.15, 0.2) is 48.5 Å². The van der Waals surface area contributed by atoms with Gasteiger partial charge in [0.15, 0.2) is 0 Å². The van der Waals surface area contributed by atoms with Gasteiger partial charge in [0, 0.05) is 22.4 Å². The zero-order valence-corrected chi connectivity index (χ0v) is 15.1. The second-order valence-electron chi connectivity index (χ2n) is 5.83. The molecule has 0 aromatic heterocycles. The van der Waals surface area contributed by atoms with Crippen LogP contribution in [0.5, 0.6) is 0 Å². The predicted molar refractivity (Wildman–Crippen MR) is 104 cm³/mol. The van der Waals surface area contributed by atoms with E-state index in [0.29, 0.717) is 16.8 Å². The Hall–Kier alpha value is -3.78. The van der Waals surface area contributed by atoms with Crippen molar-refractivity contribution in [2.24, 2.45) is 0 Å². The molecule has 0 fully saturated rings. The van der Waals surface area contributed by atoms with Gasteiger partial charge in [-0.1, -0.05) is 24.0 Å². The van der Waals surface area contributed by atoms with Crippen LogP contribution in [-0.2, 0) is 4.79 Å². The van der Waals surface area contributed by atoms with Gasteiger partial charge in [0.1, 0.15) is 6.04 Å². The molecule has 0 heterocycles. The molecule has 2 atom stereocenters. The predicted octanol–water partition coefficient (Wildman–Crippen LogP) is 0.657. The minimum absolute atomic E-state index is 0.269. The summed E-state index contributed by atoms with van der Waals surface area (Å²) in [6, 6.07) is 12.2. The lowest BCUT2D eigenvalue weighted by Crippen LogP contribution is -2.51. The average molecular weight is 377 g/mol. The Bertz CT molecular complexity index is 976. The molecule has 0 radical (unpaired) electrons. The van der Waals surface area contributed by atoms with Crippen LogP contribution in [0.25, 0.3) is 0 Å². The SMILES string of the molecule is CC(O)C(NC(=O)c1ccc(C#CC#Cc2ccccc2N)cc1)C(=O)NO. The van der Waals surface area contributed by atoms with Crippen molar-refractivity contribution in [3.05, 3.63) is 65.2 Å². The van der Waals surface area contributed by atoms with Crippen molar-refractivity contribution in [3.63, 3.8) is 0 Å². The van der Waals surface area contributed by atoms with Crippen LogP contribution < -0.4 is 16.5 Å². The lowest BCUT2D eigenvalue weighted by atomic mass is 10.1. The number of benzene rings is 2. The molecule has 2 unspecified atom stereocenters. The minimum atomic E-state index is -1.28. The molecular formula is C21H19N3O4. The van der Waals surface area contributed by atoms with E-state index < -0.39 is 24.0 Å². The molecule has 7 heteroatoms. The van der Waals surface area contributed by atoms with Crippen LogP contribution in [-0.4, -0.2) is 34.3 Å². The number of aliphatic hydroxyl groups excluding tert-OH is 1. The maximum absolute atomic E-state index is 12.2. The maximum atomic E-state index is 12.2. The Morgan fingerprint density at radius 2 is 1.68 bits per heavy atom. The molecular weight excluding hydrogens is 358 g/mol. The van der Waals surface area contributed by atoms with Crippen molar-refractivity contribution < 1.29 is 19.9 Å². The van der Waals surface area contributed by atoms with E-state index in [0.717, 1.165) is 0 Å². The summed E-state index contributed by atoms with van der Waals surface area (Å²) < 4.78 is 0. The lowest BCUT2D eigenvalue weighted by Gasteiger charge is -2.19. The largest absolute Gasteiger partial charge is 0.398 e. The highest BCUT2D eigenvalue weighted by Gasteiger charge is 2.25. The molecule has 0 saturated carbocycles. The van der Waals surface area contributed by atoms with Gasteiger partial charge < -0.3 is 16.2 Å². The molecule has 0 aliphatic heterocycles. The fourth-order valence-electron chi connectivity index (χ4n) is 2.22. The summed E-state index contributed by atoms with van der Waals surface area (Å²) in [7, 11) is 0. The number of nitrogen functional groups attached to an aromatic ring is 1. The number of carbonyl (C=O) groups excluding carboxylic acids is 2. The molecule has 7 nitrogen and oxygen atoms in total. The first-order valence-corrected chi connectivity index (χ1v) is 8.32. The summed E-state index contributed by atoms with van der Waals surface area (Å²) in [6.45, 7) is 1.32. The van der Waals surface area contributed by atoms with Crippen molar-refractivity contribution in [2.75, 3.05) is 5.73 Å². The van der Waals surface area contributed by atoms with Crippen molar-refractivity contribution in [1.82, 2.24) is 10.8 Å². The first-order chi connectivity index (χ1) is 13.4. The van der Waals surface area contributed by atoms with E-state index in [1.807, 2.05) is 12.1 Å². The summed E-state index contributed by atoms with van der Waals surface area (Å²) >= 11 is 0. The minimum Gasteiger partial charge on any atom is -0.398 e. The number of hydrogen-bond acceptors (Lipinski definition) is 5. The zero-order chi connectivity index (χ0) is 20.5. The van der Waals surface area contributed by atoms with E-state index in [1.165, 1.54) is 24.5 Å². The Morgan fingerprint density at radius 3 is 2.29 bits per heavy atom. The van der Waals surface area contributed by atoms with Gasteiger partial charge in [-0.3, -0.25) is 14.8 Å². The van der Waals surface area contributed by atoms with Gasteiger partial charge in [0.05, 0.1) is 6.10 Å². The van der Waals surface area contributed by atoms with Crippen LogP contribution in [0.4, 0.5) is 5.69 Å². The lowest BCUT2D eigenvalue weighted by molar-refractivity contribution is -0.133. The number of nitrogens with two attached hydrogens (primary N) is 1. The second kappa shape index (κ2) is 9.79. The molecule has 142 valence electrons. The Labute approximate surface area is 162 Å². The molecule has 0 aliphatic rings. The highest BCUT2D eigenvalue weighted by atomic mass is 16.5. The second-order valence-corrected chi connectivity index (χ2v) is 5.83. The Kier molecular flexibility index (Phi) is 7.18. The molecule has 28 heavy (non-hydrogen) atoms. The van der Waals surface area contributed by atoms with Gasteiger partial charge in [-0.05, 0) is 55.2 Å². The third-order valence-electron chi connectivity index (χ3n) is 3.74. The van der Waals surface area contributed by atoms with E-state index in [4.69, 9.17) is 10.9 Å². The summed E-state index contributed by atoms with van der Waals surface area (Å²) in [6.07, 6.45) is -1.18. The Balaban J connectivity index is 2.05. The van der Waals surface area contributed by atoms with Crippen LogP contribution in [0.3, 0.4) is 0 Å². The van der Waals surface area contributed by atoms with Crippen molar-refractivity contribution in [1.29, 1.82) is 0 Å². The van der Waals surface area contributed by atoms with Gasteiger partial charge in [-0.25, -0.2) is 5.48 Å². The van der Waals surface area contributed by atoms with Gasteiger partial charge >= 0.3 is 0 Å². The first-order valence-electron chi connectivity index (χ1n) is 8.32. The van der Waals surface area contributed by atoms with Gasteiger partial charge in [-0.2, -0.15) is 0 Å². The number of rotatable bonds is 4. The molecule has 2 aromatic carbocycles. The zero-order valence-electron chi connectivity index (χ0n) is 15.1. The quantitative estimate of drug-likeness (QED) is 0.232. The molecule has 0 aliphatic carbocycles. The topological polar surface area (TPSA) is 125 Å². The van der Waals surface area contributed by atoms with Gasteiger partial charge in [-0.15, -0.1) is 0 Å². The molecule has 0 spiro atoms. The molecule has 2 amide bonds. The number of hydrogen-bond donors (Lipinski definition) is 5. The number of amides is 2. The maximum Gasteiger partial charge on any atom is 0.268 e. The number of para-hydroxylation sites is 1. The highest BCUT2D eigenvalue weighted by molar-refractivity contribution is 5.97. The van der Waals surface area contributed by atoms with Crippen molar-refractivity contribution in [2.45, 2.75) is 19.1 Å². The van der Waals surface area contributed by atoms with Gasteiger partial charge in [0.25, 0.3) is 11.8 Å². The standard InChI is InChI=1S/C21H19N3O4/c1-14(25)19(21(27)24-28)23-20(26)17-12-10-15(11-13-17)6-2-3-7-16-8-4-5-9-18(16)22/h4-5,8-14,19,25,28H,22H2,1H3,(H,23,26)(H,24,27). The fraction of sp³-hybridized carbons (Fsp3) is 0.143. The monoisotopic (exact) mass is 377 g/mol. The summed E-state index contributed by atoms with van der Waals surface area (Å²) in [5.41, 5.74) is 9.39. The number of carbonyl (C=O) groups is 2. The smallest absolute Gasteiger partial charge is 0.268 e. The number of anilines is 1. The summed E-state index contributed by atoms with van der Waals surface area (Å²) in [5, 5.41) is 20.6.